The number of ether oxygens (including phenoxy) is 2. The molecule has 0 unspecified atom stereocenters. The summed E-state index contributed by atoms with van der Waals surface area (Å²) in [5.74, 6) is 2.23. The quantitative estimate of drug-likeness (QED) is 0.555. The molecule has 1 aromatic heterocycles. The first-order valence-corrected chi connectivity index (χ1v) is 12.0. The fraction of sp³-hybridized carbons (Fsp3) is 0.423. The van der Waals surface area contributed by atoms with Gasteiger partial charge < -0.3 is 24.3 Å². The van der Waals surface area contributed by atoms with Crippen molar-refractivity contribution in [2.24, 2.45) is 0 Å². The molecule has 178 valence electrons. The summed E-state index contributed by atoms with van der Waals surface area (Å²) in [6, 6.07) is 16.5. The van der Waals surface area contributed by atoms with E-state index in [9.17, 15) is 4.79 Å². The molecule has 2 aromatic carbocycles. The number of nitrogens with one attached hydrogen (secondary N) is 1. The first-order chi connectivity index (χ1) is 16.7. The summed E-state index contributed by atoms with van der Waals surface area (Å²) in [5, 5.41) is 7.80. The number of carbonyl (C=O) groups excluding carboxylic acids is 1. The Bertz CT molecular complexity index is 1090. The molecule has 0 bridgehead atoms. The van der Waals surface area contributed by atoms with Crippen LogP contribution in [-0.4, -0.2) is 64.9 Å². The third kappa shape index (κ3) is 5.00. The molecule has 1 atom stereocenters. The van der Waals surface area contributed by atoms with Gasteiger partial charge in [0, 0.05) is 31.4 Å². The second-order valence-electron chi connectivity index (χ2n) is 8.99. The predicted molar refractivity (Wildman–Crippen MR) is 129 cm³/mol. The largest absolute Gasteiger partial charge is 0.493 e. The summed E-state index contributed by atoms with van der Waals surface area (Å²) >= 11 is 0. The number of hydrogen-bond acceptors (Lipinski definition) is 6. The number of H-pyrrole nitrogens is 1. The van der Waals surface area contributed by atoms with Gasteiger partial charge in [-0.1, -0.05) is 30.3 Å². The number of aromatic nitrogens is 3. The van der Waals surface area contributed by atoms with Crippen LogP contribution in [0.4, 0.5) is 5.69 Å². The van der Waals surface area contributed by atoms with E-state index >= 15 is 0 Å². The third-order valence-electron chi connectivity index (χ3n) is 6.76. The van der Waals surface area contributed by atoms with Crippen molar-refractivity contribution in [3.63, 3.8) is 0 Å². The van der Waals surface area contributed by atoms with E-state index in [4.69, 9.17) is 9.47 Å². The van der Waals surface area contributed by atoms with Gasteiger partial charge in [0.2, 0.25) is 5.91 Å². The lowest BCUT2D eigenvalue weighted by Gasteiger charge is -2.43. The number of amides is 1. The van der Waals surface area contributed by atoms with Gasteiger partial charge in [-0.15, -0.1) is 10.2 Å². The van der Waals surface area contributed by atoms with E-state index in [1.165, 1.54) is 18.3 Å². The van der Waals surface area contributed by atoms with Gasteiger partial charge in [0.05, 0.1) is 25.7 Å². The van der Waals surface area contributed by atoms with Gasteiger partial charge in [-0.3, -0.25) is 4.79 Å². The van der Waals surface area contributed by atoms with Gasteiger partial charge in [0.15, 0.2) is 11.5 Å². The lowest BCUT2D eigenvalue weighted by Crippen LogP contribution is -2.56. The highest BCUT2D eigenvalue weighted by Crippen LogP contribution is 2.36. The fourth-order valence-corrected chi connectivity index (χ4v) is 4.66. The van der Waals surface area contributed by atoms with Crippen molar-refractivity contribution >= 4 is 11.6 Å². The zero-order chi connectivity index (χ0) is 23.3. The molecular formula is C26H31N5O3. The van der Waals surface area contributed by atoms with E-state index < -0.39 is 0 Å². The number of aromatic amines is 1. The summed E-state index contributed by atoms with van der Waals surface area (Å²) in [6.45, 7) is 2.14. The molecule has 8 nitrogen and oxygen atoms in total. The molecule has 1 aliphatic heterocycles. The molecule has 1 saturated heterocycles. The highest BCUT2D eigenvalue weighted by Gasteiger charge is 2.31. The molecular weight excluding hydrogens is 430 g/mol. The summed E-state index contributed by atoms with van der Waals surface area (Å²) < 4.78 is 11.8. The Morgan fingerprint density at radius 1 is 1.12 bits per heavy atom. The molecule has 2 aliphatic rings. The van der Waals surface area contributed by atoms with E-state index in [-0.39, 0.29) is 24.5 Å². The smallest absolute Gasteiger partial charge is 0.230 e. The number of methoxy groups -OCH3 is 1. The lowest BCUT2D eigenvalue weighted by atomic mass is 9.96. The van der Waals surface area contributed by atoms with Gasteiger partial charge in [-0.05, 0) is 43.4 Å². The van der Waals surface area contributed by atoms with Crippen LogP contribution in [0.3, 0.4) is 0 Å². The Morgan fingerprint density at radius 3 is 2.68 bits per heavy atom. The van der Waals surface area contributed by atoms with Gasteiger partial charge >= 0.3 is 0 Å². The van der Waals surface area contributed by atoms with E-state index in [0.29, 0.717) is 12.4 Å². The van der Waals surface area contributed by atoms with E-state index in [1.807, 2.05) is 29.2 Å². The zero-order valence-electron chi connectivity index (χ0n) is 19.5. The van der Waals surface area contributed by atoms with Crippen LogP contribution in [0.25, 0.3) is 0 Å². The van der Waals surface area contributed by atoms with Crippen LogP contribution in [0, 0.1) is 0 Å². The standard InChI is InChI=1S/C26H31N5O3/c1-33-23-11-10-20(15-24(23)34-22-8-5-9-22)30-12-13-31(26(32)16-25-27-18-28-29-25)21(17-30)14-19-6-3-2-4-7-19/h2-4,6-7,10-11,15,18,21-22H,5,8-9,12-14,16-17H2,1H3,(H,27,28,29)/t21-/m0/s1. The maximum Gasteiger partial charge on any atom is 0.230 e. The van der Waals surface area contributed by atoms with E-state index in [0.717, 1.165) is 49.5 Å². The van der Waals surface area contributed by atoms with E-state index in [2.05, 4.69) is 44.3 Å². The molecule has 1 N–H and O–H groups in total. The first kappa shape index (κ1) is 22.3. The van der Waals surface area contributed by atoms with Gasteiger partial charge in [0.1, 0.15) is 12.2 Å². The topological polar surface area (TPSA) is 83.6 Å². The summed E-state index contributed by atoms with van der Waals surface area (Å²) in [5.41, 5.74) is 2.31. The van der Waals surface area contributed by atoms with E-state index in [1.54, 1.807) is 7.11 Å². The third-order valence-corrected chi connectivity index (χ3v) is 6.76. The molecule has 0 radical (unpaired) electrons. The normalized spacial score (nSPS) is 18.4. The molecule has 5 rings (SSSR count). The van der Waals surface area contributed by atoms with Crippen molar-refractivity contribution in [2.45, 2.75) is 44.2 Å². The Kier molecular flexibility index (Phi) is 6.65. The molecule has 2 heterocycles. The molecule has 1 saturated carbocycles. The average molecular weight is 462 g/mol. The molecule has 34 heavy (non-hydrogen) atoms. The summed E-state index contributed by atoms with van der Waals surface area (Å²) in [4.78, 5) is 20.5. The maximum absolute atomic E-state index is 13.2. The van der Waals surface area contributed by atoms with Crippen molar-refractivity contribution in [3.8, 4) is 11.5 Å². The Hall–Kier alpha value is -3.55. The van der Waals surface area contributed by atoms with Crippen LogP contribution < -0.4 is 14.4 Å². The molecule has 3 aromatic rings. The Labute approximate surface area is 199 Å². The number of rotatable bonds is 8. The van der Waals surface area contributed by atoms with Crippen molar-refractivity contribution < 1.29 is 14.3 Å². The number of nitrogens with zero attached hydrogens (tertiary/aromatic N) is 4. The molecule has 2 fully saturated rings. The summed E-state index contributed by atoms with van der Waals surface area (Å²) in [6.07, 6.45) is 6.22. The van der Waals surface area contributed by atoms with Crippen molar-refractivity contribution in [3.05, 3.63) is 66.2 Å². The molecule has 1 aliphatic carbocycles. The predicted octanol–water partition coefficient (Wildman–Crippen LogP) is 3.25. The number of hydrogen-bond donors (Lipinski definition) is 1. The van der Waals surface area contributed by atoms with Gasteiger partial charge in [0.25, 0.3) is 0 Å². The minimum Gasteiger partial charge on any atom is -0.493 e. The number of benzene rings is 2. The van der Waals surface area contributed by atoms with Crippen LogP contribution in [0.1, 0.15) is 30.7 Å². The lowest BCUT2D eigenvalue weighted by molar-refractivity contribution is -0.133. The molecule has 0 spiro atoms. The van der Waals surface area contributed by atoms with Gasteiger partial charge in [-0.25, -0.2) is 0 Å². The van der Waals surface area contributed by atoms with Crippen molar-refractivity contribution in [1.82, 2.24) is 20.1 Å². The monoisotopic (exact) mass is 461 g/mol. The number of piperazine rings is 1. The molecule has 8 heteroatoms. The minimum atomic E-state index is 0.0460. The van der Waals surface area contributed by atoms with Crippen LogP contribution in [0.5, 0.6) is 11.5 Å². The van der Waals surface area contributed by atoms with Crippen LogP contribution in [-0.2, 0) is 17.6 Å². The van der Waals surface area contributed by atoms with Crippen molar-refractivity contribution in [2.75, 3.05) is 31.6 Å². The highest BCUT2D eigenvalue weighted by molar-refractivity contribution is 5.78. The highest BCUT2D eigenvalue weighted by atomic mass is 16.5. The Morgan fingerprint density at radius 2 is 1.97 bits per heavy atom. The number of carbonyl (C=O) groups is 1. The minimum absolute atomic E-state index is 0.0460. The van der Waals surface area contributed by atoms with Crippen LogP contribution in [0.15, 0.2) is 54.9 Å². The zero-order valence-corrected chi connectivity index (χ0v) is 19.5. The van der Waals surface area contributed by atoms with Gasteiger partial charge in [-0.2, -0.15) is 0 Å². The molecule has 1 amide bonds. The Balaban J connectivity index is 1.35. The number of anilines is 1. The van der Waals surface area contributed by atoms with Crippen LogP contribution in [0.2, 0.25) is 0 Å². The second kappa shape index (κ2) is 10.2. The van der Waals surface area contributed by atoms with Crippen molar-refractivity contribution in [1.29, 1.82) is 0 Å². The average Bonchev–Trinajstić information content (AvgIpc) is 3.35. The fourth-order valence-electron chi connectivity index (χ4n) is 4.66. The van der Waals surface area contributed by atoms with Crippen LogP contribution >= 0.6 is 0 Å². The first-order valence-electron chi connectivity index (χ1n) is 12.0. The SMILES string of the molecule is COc1ccc(N2CCN(C(=O)Cc3nnc[nH]3)[C@@H](Cc3ccccc3)C2)cc1OC1CCC1. The summed E-state index contributed by atoms with van der Waals surface area (Å²) in [7, 11) is 1.68. The second-order valence-corrected chi connectivity index (χ2v) is 8.99. The maximum atomic E-state index is 13.2.